The summed E-state index contributed by atoms with van der Waals surface area (Å²) in [5.74, 6) is -1.89. The number of hydrogen-bond donors (Lipinski definition) is 2. The highest BCUT2D eigenvalue weighted by molar-refractivity contribution is 7.91. The fraction of sp³-hybridized carbons (Fsp3) is 0.846. The van der Waals surface area contributed by atoms with Gasteiger partial charge in [-0.3, -0.25) is 9.59 Å². The lowest BCUT2D eigenvalue weighted by Crippen LogP contribution is -2.61. The van der Waals surface area contributed by atoms with E-state index in [4.69, 9.17) is 10.8 Å². The summed E-state index contributed by atoms with van der Waals surface area (Å²) in [7, 11) is -3.31. The van der Waals surface area contributed by atoms with Crippen molar-refractivity contribution in [2.24, 2.45) is 11.1 Å². The Balaban J connectivity index is 3.08. The molecule has 21 heavy (non-hydrogen) atoms. The zero-order valence-electron chi connectivity index (χ0n) is 12.9. The first-order valence-electron chi connectivity index (χ1n) is 6.80. The van der Waals surface area contributed by atoms with Crippen LogP contribution < -0.4 is 5.73 Å². The minimum absolute atomic E-state index is 0.0125. The van der Waals surface area contributed by atoms with E-state index in [9.17, 15) is 18.0 Å². The van der Waals surface area contributed by atoms with Crippen molar-refractivity contribution in [2.45, 2.75) is 45.7 Å². The second kappa shape index (κ2) is 5.57. The Labute approximate surface area is 125 Å². The number of aliphatic carboxylic acids is 1. The first-order valence-corrected chi connectivity index (χ1v) is 8.62. The van der Waals surface area contributed by atoms with Crippen molar-refractivity contribution in [3.05, 3.63) is 0 Å². The molecule has 1 heterocycles. The maximum atomic E-state index is 12.7. The van der Waals surface area contributed by atoms with Crippen molar-refractivity contribution in [1.82, 2.24) is 4.90 Å². The molecule has 1 fully saturated rings. The molecule has 1 amide bonds. The van der Waals surface area contributed by atoms with Crippen LogP contribution in [-0.2, 0) is 19.4 Å². The lowest BCUT2D eigenvalue weighted by atomic mass is 9.74. The number of carboxylic acid groups (broad SMARTS) is 1. The summed E-state index contributed by atoms with van der Waals surface area (Å²) in [5.41, 5.74) is 4.30. The second-order valence-electron chi connectivity index (χ2n) is 6.71. The van der Waals surface area contributed by atoms with Crippen molar-refractivity contribution in [3.63, 3.8) is 0 Å². The maximum absolute atomic E-state index is 12.7. The number of carbonyl (C=O) groups excluding carboxylic acids is 1. The van der Waals surface area contributed by atoms with Gasteiger partial charge in [0, 0.05) is 12.1 Å². The van der Waals surface area contributed by atoms with Gasteiger partial charge in [0.15, 0.2) is 9.84 Å². The summed E-state index contributed by atoms with van der Waals surface area (Å²) in [4.78, 5) is 25.0. The van der Waals surface area contributed by atoms with Gasteiger partial charge < -0.3 is 15.7 Å². The van der Waals surface area contributed by atoms with E-state index in [-0.39, 0.29) is 30.4 Å². The number of nitrogens with two attached hydrogens (primary N) is 1. The van der Waals surface area contributed by atoms with Crippen molar-refractivity contribution in [1.29, 1.82) is 0 Å². The number of carbonyl (C=O) groups is 2. The van der Waals surface area contributed by atoms with Crippen LogP contribution in [0.2, 0.25) is 0 Å². The summed E-state index contributed by atoms with van der Waals surface area (Å²) < 4.78 is 23.4. The monoisotopic (exact) mass is 320 g/mol. The fourth-order valence-corrected chi connectivity index (χ4v) is 3.68. The van der Waals surface area contributed by atoms with Crippen LogP contribution in [-0.4, -0.2) is 59.9 Å². The number of rotatable bonds is 4. The summed E-state index contributed by atoms with van der Waals surface area (Å²) in [6, 6.07) is -0.838. The molecule has 1 unspecified atom stereocenters. The summed E-state index contributed by atoms with van der Waals surface area (Å²) in [6.07, 6.45) is -0.383. The van der Waals surface area contributed by atoms with E-state index in [0.29, 0.717) is 0 Å². The van der Waals surface area contributed by atoms with Gasteiger partial charge in [-0.2, -0.15) is 0 Å². The van der Waals surface area contributed by atoms with Gasteiger partial charge in [-0.1, -0.05) is 0 Å². The van der Waals surface area contributed by atoms with E-state index in [1.165, 1.54) is 4.90 Å². The molecule has 8 heteroatoms. The first-order chi connectivity index (χ1) is 9.28. The third-order valence-electron chi connectivity index (χ3n) is 4.35. The Morgan fingerprint density at radius 1 is 1.29 bits per heavy atom. The van der Waals surface area contributed by atoms with Crippen LogP contribution in [0.1, 0.15) is 34.1 Å². The molecule has 0 aromatic heterocycles. The van der Waals surface area contributed by atoms with Gasteiger partial charge >= 0.3 is 5.97 Å². The first kappa shape index (κ1) is 17.9. The predicted octanol–water partition coefficient (Wildman–Crippen LogP) is -0.150. The van der Waals surface area contributed by atoms with Gasteiger partial charge in [0.05, 0.1) is 29.4 Å². The van der Waals surface area contributed by atoms with Gasteiger partial charge in [-0.25, -0.2) is 8.42 Å². The van der Waals surface area contributed by atoms with Crippen molar-refractivity contribution in [3.8, 4) is 0 Å². The predicted molar refractivity (Wildman–Crippen MR) is 78.5 cm³/mol. The van der Waals surface area contributed by atoms with Gasteiger partial charge in [-0.05, 0) is 27.7 Å². The molecule has 0 aromatic rings. The van der Waals surface area contributed by atoms with Crippen LogP contribution in [0, 0.1) is 5.41 Å². The molecule has 0 spiro atoms. The Morgan fingerprint density at radius 2 is 1.81 bits per heavy atom. The van der Waals surface area contributed by atoms with Crippen LogP contribution in [0.4, 0.5) is 0 Å². The average Bonchev–Trinajstić information content (AvgIpc) is 2.24. The zero-order valence-corrected chi connectivity index (χ0v) is 13.7. The molecule has 122 valence electrons. The molecule has 1 aliphatic rings. The number of amides is 1. The largest absolute Gasteiger partial charge is 0.481 e. The van der Waals surface area contributed by atoms with Crippen molar-refractivity contribution in [2.75, 3.05) is 18.1 Å². The van der Waals surface area contributed by atoms with E-state index in [0.717, 1.165) is 0 Å². The molecule has 0 saturated carbocycles. The lowest BCUT2D eigenvalue weighted by Gasteiger charge is -2.44. The fourth-order valence-electron chi connectivity index (χ4n) is 2.16. The van der Waals surface area contributed by atoms with E-state index in [1.807, 2.05) is 0 Å². The lowest BCUT2D eigenvalue weighted by molar-refractivity contribution is -0.147. The van der Waals surface area contributed by atoms with Gasteiger partial charge in [0.1, 0.15) is 0 Å². The molecule has 3 N–H and O–H groups in total. The molecule has 1 aliphatic heterocycles. The standard InChI is InChI=1S/C13H24N2O5S/c1-12(2,13(3,4)14)11(18)15-5-6-21(19,20)8-9(15)7-10(16)17/h9H,5-8,14H2,1-4H3,(H,16,17). The highest BCUT2D eigenvalue weighted by atomic mass is 32.2. The molecule has 1 saturated heterocycles. The van der Waals surface area contributed by atoms with Crippen molar-refractivity contribution < 1.29 is 23.1 Å². The highest BCUT2D eigenvalue weighted by Crippen LogP contribution is 2.32. The van der Waals surface area contributed by atoms with Crippen LogP contribution in [0.5, 0.6) is 0 Å². The van der Waals surface area contributed by atoms with Gasteiger partial charge in [0.25, 0.3) is 0 Å². The average molecular weight is 320 g/mol. The molecular formula is C13H24N2O5S. The quantitative estimate of drug-likeness (QED) is 0.744. The smallest absolute Gasteiger partial charge is 0.305 e. The SMILES string of the molecule is CC(C)(N)C(C)(C)C(=O)N1CCS(=O)(=O)CC1CC(=O)O. The molecule has 1 atom stereocenters. The Morgan fingerprint density at radius 3 is 2.24 bits per heavy atom. The normalized spacial score (nSPS) is 22.9. The van der Waals surface area contributed by atoms with E-state index < -0.39 is 32.8 Å². The van der Waals surface area contributed by atoms with Crippen LogP contribution in [0.15, 0.2) is 0 Å². The summed E-state index contributed by atoms with van der Waals surface area (Å²) >= 11 is 0. The van der Waals surface area contributed by atoms with Gasteiger partial charge in [0.2, 0.25) is 5.91 Å². The minimum atomic E-state index is -3.31. The van der Waals surface area contributed by atoms with Crippen molar-refractivity contribution >= 4 is 21.7 Å². The topological polar surface area (TPSA) is 118 Å². The molecule has 0 aliphatic carbocycles. The van der Waals surface area contributed by atoms with Gasteiger partial charge in [-0.15, -0.1) is 0 Å². The van der Waals surface area contributed by atoms with Crippen LogP contribution in [0.3, 0.4) is 0 Å². The van der Waals surface area contributed by atoms with Crippen LogP contribution in [0.25, 0.3) is 0 Å². The number of sulfone groups is 1. The number of nitrogens with zero attached hydrogens (tertiary/aromatic N) is 1. The Hall–Kier alpha value is -1.15. The Bertz CT molecular complexity index is 533. The summed E-state index contributed by atoms with van der Waals surface area (Å²) in [5, 5.41) is 8.94. The van der Waals surface area contributed by atoms with E-state index >= 15 is 0 Å². The maximum Gasteiger partial charge on any atom is 0.305 e. The second-order valence-corrected chi connectivity index (χ2v) is 8.94. The third-order valence-corrected chi connectivity index (χ3v) is 6.04. The number of carboxylic acids is 1. The Kier molecular flexibility index (Phi) is 4.74. The van der Waals surface area contributed by atoms with E-state index in [1.54, 1.807) is 27.7 Å². The molecular weight excluding hydrogens is 296 g/mol. The minimum Gasteiger partial charge on any atom is -0.481 e. The van der Waals surface area contributed by atoms with Crippen LogP contribution >= 0.6 is 0 Å². The highest BCUT2D eigenvalue weighted by Gasteiger charge is 2.46. The molecule has 0 bridgehead atoms. The molecule has 0 radical (unpaired) electrons. The molecule has 7 nitrogen and oxygen atoms in total. The summed E-state index contributed by atoms with van der Waals surface area (Å²) in [6.45, 7) is 6.83. The number of hydrogen-bond acceptors (Lipinski definition) is 5. The molecule has 0 aromatic carbocycles. The zero-order chi connectivity index (χ0) is 16.6. The van der Waals surface area contributed by atoms with E-state index in [2.05, 4.69) is 0 Å². The third kappa shape index (κ3) is 3.94. The molecule has 1 rings (SSSR count).